The SMILES string of the molecule is C#CC1CC(=O)N(c2cc(O)ccc2Cl)C1. The number of halogens is 1. The molecule has 1 aromatic carbocycles. The molecule has 1 heterocycles. The highest BCUT2D eigenvalue weighted by Gasteiger charge is 2.30. The monoisotopic (exact) mass is 235 g/mol. The maximum Gasteiger partial charge on any atom is 0.228 e. The van der Waals surface area contributed by atoms with Crippen molar-refractivity contribution in [2.45, 2.75) is 6.42 Å². The molecule has 1 aliphatic rings. The highest BCUT2D eigenvalue weighted by molar-refractivity contribution is 6.34. The third-order valence-electron chi connectivity index (χ3n) is 2.58. The summed E-state index contributed by atoms with van der Waals surface area (Å²) in [5.41, 5.74) is 0.518. The number of aromatic hydroxyl groups is 1. The summed E-state index contributed by atoms with van der Waals surface area (Å²) in [6.45, 7) is 0.457. The van der Waals surface area contributed by atoms with E-state index in [4.69, 9.17) is 18.0 Å². The number of amides is 1. The maximum atomic E-state index is 11.7. The third kappa shape index (κ3) is 1.84. The molecule has 16 heavy (non-hydrogen) atoms. The van der Waals surface area contributed by atoms with Gasteiger partial charge in [-0.05, 0) is 12.1 Å². The first-order valence-electron chi connectivity index (χ1n) is 4.87. The Kier molecular flexibility index (Phi) is 2.76. The molecule has 1 amide bonds. The molecule has 1 N–H and O–H groups in total. The lowest BCUT2D eigenvalue weighted by molar-refractivity contribution is -0.117. The van der Waals surface area contributed by atoms with Crippen LogP contribution in [0, 0.1) is 18.3 Å². The number of nitrogens with zero attached hydrogens (tertiary/aromatic N) is 1. The molecule has 82 valence electrons. The second-order valence-corrected chi connectivity index (χ2v) is 4.11. The van der Waals surface area contributed by atoms with Gasteiger partial charge in [-0.15, -0.1) is 12.3 Å². The highest BCUT2D eigenvalue weighted by atomic mass is 35.5. The van der Waals surface area contributed by atoms with Gasteiger partial charge in [0, 0.05) is 24.9 Å². The smallest absolute Gasteiger partial charge is 0.228 e. The summed E-state index contributed by atoms with van der Waals surface area (Å²) < 4.78 is 0. The number of terminal acetylenes is 1. The van der Waals surface area contributed by atoms with Crippen LogP contribution in [0.15, 0.2) is 18.2 Å². The number of phenols is 1. The minimum absolute atomic E-state index is 0.0598. The molecule has 1 aliphatic heterocycles. The molecule has 1 fully saturated rings. The minimum Gasteiger partial charge on any atom is -0.508 e. The Labute approximate surface area is 98.6 Å². The van der Waals surface area contributed by atoms with Crippen LogP contribution in [0.1, 0.15) is 6.42 Å². The van der Waals surface area contributed by atoms with Crippen LogP contribution >= 0.6 is 11.6 Å². The van der Waals surface area contributed by atoms with Crippen LogP contribution in [0.3, 0.4) is 0 Å². The number of anilines is 1. The van der Waals surface area contributed by atoms with Gasteiger partial charge in [0.05, 0.1) is 10.7 Å². The van der Waals surface area contributed by atoms with E-state index in [1.165, 1.54) is 17.0 Å². The van der Waals surface area contributed by atoms with E-state index in [0.717, 1.165) is 0 Å². The summed E-state index contributed by atoms with van der Waals surface area (Å²) in [5.74, 6) is 2.50. The normalized spacial score (nSPS) is 19.9. The van der Waals surface area contributed by atoms with Gasteiger partial charge in [0.15, 0.2) is 0 Å². The van der Waals surface area contributed by atoms with Crippen LogP contribution in [0.5, 0.6) is 5.75 Å². The van der Waals surface area contributed by atoms with Crippen LogP contribution in [-0.4, -0.2) is 17.6 Å². The summed E-state index contributed by atoms with van der Waals surface area (Å²) in [6.07, 6.45) is 5.63. The van der Waals surface area contributed by atoms with E-state index in [-0.39, 0.29) is 17.6 Å². The van der Waals surface area contributed by atoms with Crippen molar-refractivity contribution in [2.24, 2.45) is 5.92 Å². The van der Waals surface area contributed by atoms with Crippen molar-refractivity contribution >= 4 is 23.2 Å². The number of carbonyl (C=O) groups is 1. The van der Waals surface area contributed by atoms with Crippen LogP contribution in [-0.2, 0) is 4.79 Å². The molecule has 0 aliphatic carbocycles. The Morgan fingerprint density at radius 3 is 2.94 bits per heavy atom. The Bertz CT molecular complexity index is 478. The predicted octanol–water partition coefficient (Wildman–Crippen LogP) is 2.03. The average molecular weight is 236 g/mol. The molecule has 1 unspecified atom stereocenters. The first kappa shape index (κ1) is 10.8. The number of carbonyl (C=O) groups excluding carboxylic acids is 1. The van der Waals surface area contributed by atoms with Gasteiger partial charge in [0.1, 0.15) is 5.75 Å². The van der Waals surface area contributed by atoms with E-state index in [0.29, 0.717) is 23.7 Å². The summed E-state index contributed by atoms with van der Waals surface area (Å²) in [7, 11) is 0. The van der Waals surface area contributed by atoms with E-state index < -0.39 is 0 Å². The molecule has 0 bridgehead atoms. The lowest BCUT2D eigenvalue weighted by Crippen LogP contribution is -2.24. The fourth-order valence-corrected chi connectivity index (χ4v) is 1.98. The highest BCUT2D eigenvalue weighted by Crippen LogP contribution is 2.33. The van der Waals surface area contributed by atoms with Crippen molar-refractivity contribution in [3.05, 3.63) is 23.2 Å². The quantitative estimate of drug-likeness (QED) is 0.757. The number of hydrogen-bond donors (Lipinski definition) is 1. The summed E-state index contributed by atoms with van der Waals surface area (Å²) >= 11 is 5.98. The molecule has 0 aromatic heterocycles. The van der Waals surface area contributed by atoms with Gasteiger partial charge in [-0.1, -0.05) is 11.6 Å². The summed E-state index contributed by atoms with van der Waals surface area (Å²) in [4.78, 5) is 13.2. The van der Waals surface area contributed by atoms with Gasteiger partial charge in [-0.2, -0.15) is 0 Å². The number of hydrogen-bond acceptors (Lipinski definition) is 2. The molecule has 1 saturated heterocycles. The van der Waals surface area contributed by atoms with Crippen LogP contribution in [0.25, 0.3) is 0 Å². The largest absolute Gasteiger partial charge is 0.508 e. The van der Waals surface area contributed by atoms with E-state index in [9.17, 15) is 9.90 Å². The molecule has 1 aromatic rings. The van der Waals surface area contributed by atoms with Crippen molar-refractivity contribution in [3.8, 4) is 18.1 Å². The second kappa shape index (κ2) is 4.07. The van der Waals surface area contributed by atoms with Crippen molar-refractivity contribution < 1.29 is 9.90 Å². The second-order valence-electron chi connectivity index (χ2n) is 3.71. The topological polar surface area (TPSA) is 40.5 Å². The predicted molar refractivity (Wildman–Crippen MR) is 62.4 cm³/mol. The third-order valence-corrected chi connectivity index (χ3v) is 2.90. The molecule has 0 saturated carbocycles. The number of phenolic OH excluding ortho intramolecular Hbond substituents is 1. The Morgan fingerprint density at radius 2 is 2.31 bits per heavy atom. The standard InChI is InChI=1S/C12H10ClNO2/c1-2-8-5-12(16)14(7-8)11-6-9(15)3-4-10(11)13/h1,3-4,6,8,15H,5,7H2. The van der Waals surface area contributed by atoms with Gasteiger partial charge in [-0.3, -0.25) is 4.79 Å². The zero-order chi connectivity index (χ0) is 11.7. The van der Waals surface area contributed by atoms with Crippen LogP contribution in [0.2, 0.25) is 5.02 Å². The van der Waals surface area contributed by atoms with Gasteiger partial charge >= 0.3 is 0 Å². The summed E-state index contributed by atoms with van der Waals surface area (Å²) in [5, 5.41) is 9.80. The Balaban J connectivity index is 2.35. The van der Waals surface area contributed by atoms with E-state index in [1.54, 1.807) is 6.07 Å². The van der Waals surface area contributed by atoms with Gasteiger partial charge in [0.25, 0.3) is 0 Å². The van der Waals surface area contributed by atoms with Crippen molar-refractivity contribution in [3.63, 3.8) is 0 Å². The first-order valence-corrected chi connectivity index (χ1v) is 5.24. The average Bonchev–Trinajstić information content (AvgIpc) is 2.63. The molecular formula is C12H10ClNO2. The molecule has 1 atom stereocenters. The maximum absolute atomic E-state index is 11.7. The van der Waals surface area contributed by atoms with Gasteiger partial charge < -0.3 is 10.0 Å². The first-order chi connectivity index (χ1) is 7.61. The Morgan fingerprint density at radius 1 is 1.56 bits per heavy atom. The summed E-state index contributed by atoms with van der Waals surface area (Å²) in [6, 6.07) is 4.51. The molecule has 4 heteroatoms. The zero-order valence-electron chi connectivity index (χ0n) is 8.48. The van der Waals surface area contributed by atoms with Gasteiger partial charge in [0.2, 0.25) is 5.91 Å². The fourth-order valence-electron chi connectivity index (χ4n) is 1.76. The van der Waals surface area contributed by atoms with Crippen molar-refractivity contribution in [2.75, 3.05) is 11.4 Å². The van der Waals surface area contributed by atoms with Crippen molar-refractivity contribution in [1.29, 1.82) is 0 Å². The zero-order valence-corrected chi connectivity index (χ0v) is 9.24. The lowest BCUT2D eigenvalue weighted by atomic mass is 10.1. The molecule has 2 rings (SSSR count). The van der Waals surface area contributed by atoms with Crippen LogP contribution < -0.4 is 4.90 Å². The van der Waals surface area contributed by atoms with E-state index in [1.807, 2.05) is 0 Å². The number of benzene rings is 1. The molecular weight excluding hydrogens is 226 g/mol. The fraction of sp³-hybridized carbons (Fsp3) is 0.250. The van der Waals surface area contributed by atoms with Gasteiger partial charge in [-0.25, -0.2) is 0 Å². The molecule has 3 nitrogen and oxygen atoms in total. The van der Waals surface area contributed by atoms with Crippen LogP contribution in [0.4, 0.5) is 5.69 Å². The Hall–Kier alpha value is -1.66. The van der Waals surface area contributed by atoms with E-state index in [2.05, 4.69) is 5.92 Å². The molecule has 0 radical (unpaired) electrons. The minimum atomic E-state index is -0.0779. The van der Waals surface area contributed by atoms with Crippen molar-refractivity contribution in [1.82, 2.24) is 0 Å². The molecule has 0 spiro atoms. The van der Waals surface area contributed by atoms with E-state index >= 15 is 0 Å². The number of rotatable bonds is 1. The lowest BCUT2D eigenvalue weighted by Gasteiger charge is -2.17.